The third-order valence-electron chi connectivity index (χ3n) is 4.30. The topological polar surface area (TPSA) is 62.6 Å². The molecule has 2 aromatic rings. The van der Waals surface area contributed by atoms with Crippen LogP contribution in [0, 0.1) is 13.8 Å². The number of rotatable bonds is 6. The highest BCUT2D eigenvalue weighted by Crippen LogP contribution is 2.29. The number of alkyl halides is 3. The number of aryl methyl sites for hydroxylation is 1. The molecule has 0 saturated carbocycles. The van der Waals surface area contributed by atoms with Gasteiger partial charge in [-0.2, -0.15) is 13.2 Å². The van der Waals surface area contributed by atoms with Gasteiger partial charge < -0.3 is 15.5 Å². The molecule has 0 fully saturated rings. The number of likely N-dealkylation sites (N-methyl/N-ethyl adjacent to an activating group) is 1. The minimum Gasteiger partial charge on any atom is -0.322 e. The van der Waals surface area contributed by atoms with Crippen LogP contribution in [0.4, 0.5) is 24.5 Å². The molecule has 2 amide bonds. The molecule has 5 nitrogen and oxygen atoms in total. The fourth-order valence-electron chi connectivity index (χ4n) is 2.64. The number of anilines is 2. The van der Waals surface area contributed by atoms with Gasteiger partial charge in [-0.25, -0.2) is 0 Å². The normalized spacial score (nSPS) is 12.4. The molecule has 0 bridgehead atoms. The fraction of sp³-hybridized carbons (Fsp3) is 0.300. The lowest BCUT2D eigenvalue weighted by molar-refractivity contribution is -0.862. The second-order valence-electron chi connectivity index (χ2n) is 6.73. The second-order valence-corrected chi connectivity index (χ2v) is 6.73. The van der Waals surface area contributed by atoms with E-state index in [2.05, 4.69) is 10.6 Å². The summed E-state index contributed by atoms with van der Waals surface area (Å²) in [5, 5.41) is 5.36. The van der Waals surface area contributed by atoms with Crippen LogP contribution in [0.5, 0.6) is 0 Å². The first-order valence-corrected chi connectivity index (χ1v) is 8.70. The maximum absolute atomic E-state index is 12.6. The Morgan fingerprint density at radius 2 is 1.50 bits per heavy atom. The van der Waals surface area contributed by atoms with Crippen LogP contribution in [0.1, 0.15) is 16.7 Å². The summed E-state index contributed by atoms with van der Waals surface area (Å²) in [5.41, 5.74) is 2.26. The Kier molecular flexibility index (Phi) is 6.80. The smallest absolute Gasteiger partial charge is 0.322 e. The van der Waals surface area contributed by atoms with Gasteiger partial charge in [0.25, 0.3) is 11.8 Å². The Hall–Kier alpha value is -2.87. The zero-order valence-electron chi connectivity index (χ0n) is 15.9. The Balaban J connectivity index is 1.85. The molecule has 150 valence electrons. The van der Waals surface area contributed by atoms with Crippen molar-refractivity contribution in [2.45, 2.75) is 20.0 Å². The summed E-state index contributed by atoms with van der Waals surface area (Å²) in [6.45, 7) is 3.95. The zero-order valence-corrected chi connectivity index (χ0v) is 15.9. The van der Waals surface area contributed by atoms with Crippen molar-refractivity contribution in [2.24, 2.45) is 0 Å². The van der Waals surface area contributed by atoms with Gasteiger partial charge in [-0.3, -0.25) is 9.59 Å². The molecule has 0 aliphatic rings. The van der Waals surface area contributed by atoms with Gasteiger partial charge in [-0.05, 0) is 55.3 Å². The molecule has 3 N–H and O–H groups in total. The van der Waals surface area contributed by atoms with Gasteiger partial charge in [0.05, 0.1) is 12.6 Å². The van der Waals surface area contributed by atoms with Crippen LogP contribution in [0.25, 0.3) is 0 Å². The average molecular weight is 394 g/mol. The van der Waals surface area contributed by atoms with Gasteiger partial charge in [-0.1, -0.05) is 12.1 Å². The van der Waals surface area contributed by atoms with Crippen molar-refractivity contribution in [2.75, 3.05) is 30.8 Å². The number of carbonyl (C=O) groups excluding carboxylic acids is 2. The fourth-order valence-corrected chi connectivity index (χ4v) is 2.64. The van der Waals surface area contributed by atoms with Crippen molar-refractivity contribution >= 4 is 23.2 Å². The highest BCUT2D eigenvalue weighted by molar-refractivity contribution is 5.93. The summed E-state index contributed by atoms with van der Waals surface area (Å²) in [6.07, 6.45) is -4.42. The van der Waals surface area contributed by atoms with E-state index in [9.17, 15) is 22.8 Å². The summed E-state index contributed by atoms with van der Waals surface area (Å²) >= 11 is 0. The number of quaternary nitrogens is 1. The first kappa shape index (κ1) is 21.4. The van der Waals surface area contributed by atoms with Crippen molar-refractivity contribution in [3.63, 3.8) is 0 Å². The van der Waals surface area contributed by atoms with Gasteiger partial charge in [0.1, 0.15) is 0 Å². The summed E-state index contributed by atoms with van der Waals surface area (Å²) in [5.74, 6) is -0.620. The van der Waals surface area contributed by atoms with Crippen LogP contribution in [0.2, 0.25) is 0 Å². The Morgan fingerprint density at radius 1 is 0.929 bits per heavy atom. The molecule has 2 rings (SSSR count). The molecule has 0 heterocycles. The van der Waals surface area contributed by atoms with Gasteiger partial charge in [0.15, 0.2) is 13.1 Å². The van der Waals surface area contributed by atoms with Crippen molar-refractivity contribution in [1.29, 1.82) is 0 Å². The van der Waals surface area contributed by atoms with Crippen LogP contribution in [0.15, 0.2) is 42.5 Å². The number of amides is 2. The Morgan fingerprint density at radius 3 is 2.07 bits per heavy atom. The molecule has 2 aromatic carbocycles. The van der Waals surface area contributed by atoms with E-state index in [-0.39, 0.29) is 24.7 Å². The van der Waals surface area contributed by atoms with E-state index in [1.54, 1.807) is 7.05 Å². The maximum Gasteiger partial charge on any atom is 0.416 e. The largest absolute Gasteiger partial charge is 0.416 e. The minimum atomic E-state index is -4.42. The summed E-state index contributed by atoms with van der Waals surface area (Å²) in [4.78, 5) is 24.9. The number of carbonyl (C=O) groups is 2. The van der Waals surface area contributed by atoms with Crippen molar-refractivity contribution in [3.05, 3.63) is 59.2 Å². The average Bonchev–Trinajstić information content (AvgIpc) is 2.58. The standard InChI is InChI=1S/C20H22F3N3O2/c1-13-5-4-6-17(14(13)2)25-19(28)12-26(3)11-18(27)24-16-9-7-15(8-10-16)20(21,22)23/h4-10H,11-12H2,1-3H3,(H,24,27)(H,25,28)/p+1. The van der Waals surface area contributed by atoms with E-state index in [0.717, 1.165) is 28.9 Å². The number of benzene rings is 2. The number of hydrogen-bond acceptors (Lipinski definition) is 2. The molecular weight excluding hydrogens is 371 g/mol. The van der Waals surface area contributed by atoms with E-state index < -0.39 is 17.6 Å². The molecule has 8 heteroatoms. The number of hydrogen-bond donors (Lipinski definition) is 3. The van der Waals surface area contributed by atoms with Gasteiger partial charge >= 0.3 is 6.18 Å². The van der Waals surface area contributed by atoms with Gasteiger partial charge in [0, 0.05) is 11.4 Å². The summed E-state index contributed by atoms with van der Waals surface area (Å²) < 4.78 is 37.7. The van der Waals surface area contributed by atoms with Crippen LogP contribution in [0.3, 0.4) is 0 Å². The monoisotopic (exact) mass is 394 g/mol. The third-order valence-corrected chi connectivity index (χ3v) is 4.30. The molecular formula is C20H23F3N3O2+. The first-order chi connectivity index (χ1) is 13.1. The van der Waals surface area contributed by atoms with Crippen LogP contribution in [-0.2, 0) is 15.8 Å². The van der Waals surface area contributed by atoms with Crippen molar-refractivity contribution in [3.8, 4) is 0 Å². The lowest BCUT2D eigenvalue weighted by Gasteiger charge is -2.15. The molecule has 0 aliphatic heterocycles. The molecule has 0 spiro atoms. The predicted octanol–water partition coefficient (Wildman–Crippen LogP) is 2.41. The molecule has 0 aliphatic carbocycles. The van der Waals surface area contributed by atoms with Crippen LogP contribution in [-0.4, -0.2) is 32.0 Å². The Labute approximate surface area is 161 Å². The Bertz CT molecular complexity index is 849. The minimum absolute atomic E-state index is 0.00123. The highest BCUT2D eigenvalue weighted by Gasteiger charge is 2.30. The number of halogens is 3. The molecule has 28 heavy (non-hydrogen) atoms. The van der Waals surface area contributed by atoms with Crippen molar-refractivity contribution in [1.82, 2.24) is 0 Å². The van der Waals surface area contributed by atoms with Crippen molar-refractivity contribution < 1.29 is 27.7 Å². The highest BCUT2D eigenvalue weighted by atomic mass is 19.4. The molecule has 1 atom stereocenters. The lowest BCUT2D eigenvalue weighted by atomic mass is 10.1. The van der Waals surface area contributed by atoms with Gasteiger partial charge in [-0.15, -0.1) is 0 Å². The summed E-state index contributed by atoms with van der Waals surface area (Å²) in [6, 6.07) is 9.83. The molecule has 0 aromatic heterocycles. The molecule has 0 saturated heterocycles. The van der Waals surface area contributed by atoms with E-state index >= 15 is 0 Å². The van der Waals surface area contributed by atoms with Gasteiger partial charge in [0.2, 0.25) is 0 Å². The van der Waals surface area contributed by atoms with E-state index in [1.165, 1.54) is 12.1 Å². The molecule has 0 radical (unpaired) electrons. The zero-order chi connectivity index (χ0) is 20.9. The lowest BCUT2D eigenvalue weighted by Crippen LogP contribution is -3.11. The SMILES string of the molecule is Cc1cccc(NC(=O)C[NH+](C)CC(=O)Nc2ccc(C(F)(F)F)cc2)c1C. The second kappa shape index (κ2) is 8.88. The summed E-state index contributed by atoms with van der Waals surface area (Å²) in [7, 11) is 1.69. The van der Waals surface area contributed by atoms with E-state index in [0.29, 0.717) is 4.90 Å². The van der Waals surface area contributed by atoms with E-state index in [1.807, 2.05) is 32.0 Å². The number of nitrogens with one attached hydrogen (secondary N) is 3. The van der Waals surface area contributed by atoms with Crippen LogP contribution < -0.4 is 15.5 Å². The predicted molar refractivity (Wildman–Crippen MR) is 101 cm³/mol. The molecule has 1 unspecified atom stereocenters. The van der Waals surface area contributed by atoms with E-state index in [4.69, 9.17) is 0 Å². The van der Waals surface area contributed by atoms with Crippen LogP contribution >= 0.6 is 0 Å². The third kappa shape index (κ3) is 6.09. The first-order valence-electron chi connectivity index (χ1n) is 8.70. The quantitative estimate of drug-likeness (QED) is 0.705. The maximum atomic E-state index is 12.6.